The summed E-state index contributed by atoms with van der Waals surface area (Å²) in [5.74, 6) is -5.17. The fraction of sp³-hybridized carbons (Fsp3) is 0.700. The molecule has 1 aliphatic heterocycles. The van der Waals surface area contributed by atoms with Crippen molar-refractivity contribution in [2.75, 3.05) is 41.3 Å². The first-order valence-electron chi connectivity index (χ1n) is 24.2. The maximum Gasteiger partial charge on any atom is 0.324 e. The summed E-state index contributed by atoms with van der Waals surface area (Å²) in [5.41, 5.74) is 0.781. The molecule has 0 unspecified atom stereocenters. The number of carbonyl (C=O) groups is 9. The van der Waals surface area contributed by atoms with Crippen molar-refractivity contribution in [3.05, 3.63) is 35.9 Å². The van der Waals surface area contributed by atoms with Crippen molar-refractivity contribution >= 4 is 53.7 Å². The molecule has 18 heteroatoms. The molecular weight excluding hydrogens is 873 g/mol. The number of aliphatic hydroxyl groups excluding tert-OH is 1. The molecule has 1 saturated heterocycles. The highest BCUT2D eigenvalue weighted by Gasteiger charge is 2.42. The first-order chi connectivity index (χ1) is 31.8. The number of urea groups is 1. The highest BCUT2D eigenvalue weighted by Crippen LogP contribution is 2.22. The number of amides is 9. The monoisotopic (exact) mass is 955 g/mol. The SMILES string of the molecule is CC(C)C[C@H](NC(=O)C[C@@H](C)O)C(=O)N[C@@H](C(=O)NC(=O)N(C)[C@@H](CC(C)C)C(=O)N(C)[C@@H](CC(C)C)C(=O)N(C)[C@@H](Cc1ccccc1)C(=O)N(C)[C@H](C=O)CC(C)C)C(=O)N1CCCCC1. The second kappa shape index (κ2) is 28.2. The molecule has 68 heavy (non-hydrogen) atoms. The highest BCUT2D eigenvalue weighted by atomic mass is 16.3. The van der Waals surface area contributed by atoms with E-state index < -0.39 is 89.7 Å². The Balaban J connectivity index is 2.52. The minimum Gasteiger partial charge on any atom is -0.393 e. The Morgan fingerprint density at radius 3 is 1.59 bits per heavy atom. The van der Waals surface area contributed by atoms with Crippen LogP contribution >= 0.6 is 0 Å². The van der Waals surface area contributed by atoms with Crippen LogP contribution in [-0.4, -0.2) is 167 Å². The van der Waals surface area contributed by atoms with Crippen LogP contribution in [-0.2, 0) is 44.8 Å². The zero-order valence-corrected chi connectivity index (χ0v) is 43.0. The van der Waals surface area contributed by atoms with E-state index >= 15 is 0 Å². The number of hydrogen-bond donors (Lipinski definition) is 4. The van der Waals surface area contributed by atoms with E-state index in [4.69, 9.17) is 0 Å². The van der Waals surface area contributed by atoms with Crippen LogP contribution in [0.4, 0.5) is 4.79 Å². The van der Waals surface area contributed by atoms with Gasteiger partial charge in [0.2, 0.25) is 29.5 Å². The lowest BCUT2D eigenvalue weighted by Crippen LogP contribution is -2.62. The molecule has 0 aromatic heterocycles. The van der Waals surface area contributed by atoms with Gasteiger partial charge in [-0.25, -0.2) is 4.79 Å². The topological polar surface area (TPSA) is 226 Å². The Morgan fingerprint density at radius 1 is 0.618 bits per heavy atom. The maximum absolute atomic E-state index is 14.8. The van der Waals surface area contributed by atoms with Gasteiger partial charge in [0.15, 0.2) is 6.04 Å². The third-order valence-electron chi connectivity index (χ3n) is 12.2. The molecule has 382 valence electrons. The van der Waals surface area contributed by atoms with Gasteiger partial charge in [-0.1, -0.05) is 85.7 Å². The summed E-state index contributed by atoms with van der Waals surface area (Å²) in [7, 11) is 5.85. The van der Waals surface area contributed by atoms with E-state index in [0.29, 0.717) is 32.4 Å². The Hall–Kier alpha value is -5.39. The average Bonchev–Trinajstić information content (AvgIpc) is 3.27. The number of benzene rings is 1. The smallest absolute Gasteiger partial charge is 0.324 e. The van der Waals surface area contributed by atoms with E-state index in [0.717, 1.165) is 23.2 Å². The number of likely N-dealkylation sites (tertiary alicyclic amines) is 1. The van der Waals surface area contributed by atoms with Gasteiger partial charge in [-0.05, 0) is 81.1 Å². The number of rotatable bonds is 25. The van der Waals surface area contributed by atoms with Crippen LogP contribution in [0.3, 0.4) is 0 Å². The second-order valence-corrected chi connectivity index (χ2v) is 20.2. The van der Waals surface area contributed by atoms with Gasteiger partial charge in [-0.15, -0.1) is 0 Å². The van der Waals surface area contributed by atoms with Crippen LogP contribution in [0.2, 0.25) is 0 Å². The van der Waals surface area contributed by atoms with Crippen LogP contribution in [0.25, 0.3) is 0 Å². The fourth-order valence-corrected chi connectivity index (χ4v) is 8.34. The zero-order chi connectivity index (χ0) is 51.6. The minimum absolute atomic E-state index is 0.0991. The summed E-state index contributed by atoms with van der Waals surface area (Å²) < 4.78 is 0. The molecule has 9 amide bonds. The molecule has 0 saturated carbocycles. The number of piperidine rings is 1. The molecule has 1 aromatic carbocycles. The number of carbonyl (C=O) groups excluding carboxylic acids is 9. The summed E-state index contributed by atoms with van der Waals surface area (Å²) >= 11 is 0. The molecule has 7 atom stereocenters. The Morgan fingerprint density at radius 2 is 1.10 bits per heavy atom. The highest BCUT2D eigenvalue weighted by molar-refractivity contribution is 6.12. The third-order valence-corrected chi connectivity index (χ3v) is 12.2. The van der Waals surface area contributed by atoms with E-state index in [1.807, 2.05) is 85.7 Å². The molecule has 1 aliphatic rings. The normalized spacial score (nSPS) is 15.9. The average molecular weight is 955 g/mol. The lowest BCUT2D eigenvalue weighted by molar-refractivity contribution is -0.152. The van der Waals surface area contributed by atoms with Gasteiger partial charge >= 0.3 is 6.03 Å². The molecule has 0 bridgehead atoms. The van der Waals surface area contributed by atoms with E-state index in [2.05, 4.69) is 16.0 Å². The van der Waals surface area contributed by atoms with Gasteiger partial charge in [0.1, 0.15) is 30.5 Å². The Kier molecular flexibility index (Phi) is 24.3. The minimum atomic E-state index is -1.87. The first-order valence-corrected chi connectivity index (χ1v) is 24.2. The predicted molar refractivity (Wildman–Crippen MR) is 259 cm³/mol. The molecular formula is C50H82N8O10. The Labute approximate surface area is 404 Å². The van der Waals surface area contributed by atoms with E-state index in [9.17, 15) is 48.3 Å². The van der Waals surface area contributed by atoms with Gasteiger partial charge in [-0.3, -0.25) is 38.9 Å². The number of likely N-dealkylation sites (N-methyl/N-ethyl adjacent to an activating group) is 4. The number of nitrogens with zero attached hydrogens (tertiary/aromatic N) is 5. The summed E-state index contributed by atoms with van der Waals surface area (Å²) in [6, 6.07) is 1.02. The summed E-state index contributed by atoms with van der Waals surface area (Å²) in [4.78, 5) is 131. The van der Waals surface area contributed by atoms with Gasteiger partial charge in [-0.2, -0.15) is 0 Å². The number of nitrogens with one attached hydrogen (secondary N) is 3. The number of aliphatic hydroxyl groups is 1. The number of hydrogen-bond acceptors (Lipinski definition) is 10. The van der Waals surface area contributed by atoms with Crippen molar-refractivity contribution in [1.29, 1.82) is 0 Å². The maximum atomic E-state index is 14.8. The molecule has 0 spiro atoms. The van der Waals surface area contributed by atoms with Gasteiger partial charge in [0.25, 0.3) is 11.8 Å². The van der Waals surface area contributed by atoms with Gasteiger partial charge in [0.05, 0.1) is 18.6 Å². The summed E-state index contributed by atoms with van der Waals surface area (Å²) in [6.45, 7) is 17.1. The van der Waals surface area contributed by atoms with Crippen LogP contribution in [0.5, 0.6) is 0 Å². The second-order valence-electron chi connectivity index (χ2n) is 20.2. The first kappa shape index (κ1) is 58.7. The fourth-order valence-electron chi connectivity index (χ4n) is 8.34. The molecule has 4 N–H and O–H groups in total. The van der Waals surface area contributed by atoms with Crippen molar-refractivity contribution < 1.29 is 48.3 Å². The Bertz CT molecular complexity index is 1850. The van der Waals surface area contributed by atoms with Crippen molar-refractivity contribution in [3.63, 3.8) is 0 Å². The van der Waals surface area contributed by atoms with Gasteiger partial charge in [0, 0.05) is 47.7 Å². The zero-order valence-electron chi connectivity index (χ0n) is 43.0. The van der Waals surface area contributed by atoms with E-state index in [-0.39, 0.29) is 55.8 Å². The number of aldehydes is 1. The van der Waals surface area contributed by atoms with E-state index in [1.165, 1.54) is 47.7 Å². The molecule has 1 fully saturated rings. The van der Waals surface area contributed by atoms with Crippen LogP contribution < -0.4 is 16.0 Å². The molecule has 0 aliphatic carbocycles. The van der Waals surface area contributed by atoms with Crippen LogP contribution in [0.1, 0.15) is 119 Å². The molecule has 18 nitrogen and oxygen atoms in total. The van der Waals surface area contributed by atoms with Crippen LogP contribution in [0, 0.1) is 23.7 Å². The molecule has 0 radical (unpaired) electrons. The largest absolute Gasteiger partial charge is 0.393 e. The molecule has 1 aromatic rings. The van der Waals surface area contributed by atoms with Crippen molar-refractivity contribution in [2.24, 2.45) is 23.7 Å². The van der Waals surface area contributed by atoms with Crippen molar-refractivity contribution in [2.45, 2.75) is 162 Å². The number of imide groups is 1. The molecule has 1 heterocycles. The van der Waals surface area contributed by atoms with Crippen LogP contribution in [0.15, 0.2) is 30.3 Å². The summed E-state index contributed by atoms with van der Waals surface area (Å²) in [5, 5.41) is 17.1. The van der Waals surface area contributed by atoms with Crippen molar-refractivity contribution in [3.8, 4) is 0 Å². The quantitative estimate of drug-likeness (QED) is 0.0826. The van der Waals surface area contributed by atoms with Crippen molar-refractivity contribution in [1.82, 2.24) is 40.4 Å². The van der Waals surface area contributed by atoms with Gasteiger partial charge < -0.3 is 45.0 Å². The molecule has 2 rings (SSSR count). The third kappa shape index (κ3) is 18.3. The lowest BCUT2D eigenvalue weighted by atomic mass is 9.96. The standard InChI is InChI=1S/C50H82N8O10/c1-31(2)24-37(30-59)54(10)46(64)41(29-36-20-16-14-17-21-36)56(12)47(65)39(26-33(5)6)55(11)48(66)40(27-34(7)8)57(13)50(68)53-45(63)43(49(67)58-22-18-15-19-23-58)52-44(62)38(25-32(3)4)51-42(61)28-35(9)60/h14,16-17,20-21,30-35,37-41,43,60H,15,18-19,22-29H2,1-13H3,(H,51,61)(H,52,62)(H,53,63,68)/t35-,37+,38+,39+,40+,41+,43+/m1/s1. The predicted octanol–water partition coefficient (Wildman–Crippen LogP) is 3.38. The summed E-state index contributed by atoms with van der Waals surface area (Å²) in [6.07, 6.45) is 2.69. The lowest BCUT2D eigenvalue weighted by Gasteiger charge is -2.39. The van der Waals surface area contributed by atoms with E-state index in [1.54, 1.807) is 7.05 Å².